The van der Waals surface area contributed by atoms with Gasteiger partial charge in [-0.1, -0.05) is 26.8 Å². The van der Waals surface area contributed by atoms with Gasteiger partial charge < -0.3 is 9.64 Å². The summed E-state index contributed by atoms with van der Waals surface area (Å²) in [5.41, 5.74) is 0.202. The van der Waals surface area contributed by atoms with Gasteiger partial charge in [-0.15, -0.1) is 0 Å². The van der Waals surface area contributed by atoms with Crippen molar-refractivity contribution in [2.75, 3.05) is 13.2 Å². The molecule has 0 N–H and O–H groups in total. The van der Waals surface area contributed by atoms with Crippen LogP contribution in [0.5, 0.6) is 0 Å². The molecule has 1 aliphatic carbocycles. The molecule has 0 aromatic heterocycles. The fraction of sp³-hybridized carbons (Fsp3) is 0.579. The monoisotopic (exact) mass is 360 g/mol. The molecule has 1 amide bonds. The first kappa shape index (κ1) is 18.4. The van der Waals surface area contributed by atoms with E-state index >= 15 is 0 Å². The summed E-state index contributed by atoms with van der Waals surface area (Å²) in [7, 11) is 0. The van der Waals surface area contributed by atoms with Crippen LogP contribution in [0, 0.1) is 20.9 Å². The van der Waals surface area contributed by atoms with Gasteiger partial charge in [0.25, 0.3) is 11.6 Å². The quantitative estimate of drug-likeness (QED) is 0.467. The van der Waals surface area contributed by atoms with E-state index in [1.165, 1.54) is 18.2 Å². The van der Waals surface area contributed by atoms with E-state index in [-0.39, 0.29) is 40.6 Å². The second-order valence-electron chi connectivity index (χ2n) is 8.62. The van der Waals surface area contributed by atoms with Crippen LogP contribution in [-0.2, 0) is 9.53 Å². The van der Waals surface area contributed by atoms with Gasteiger partial charge in [-0.05, 0) is 36.2 Å². The number of carbonyl (C=O) groups excluding carboxylic acids is 2. The first-order valence-electron chi connectivity index (χ1n) is 8.80. The molecule has 1 aromatic carbocycles. The lowest BCUT2D eigenvalue weighted by Crippen LogP contribution is -2.39. The average molecular weight is 360 g/mol. The number of carbonyl (C=O) groups is 2. The van der Waals surface area contributed by atoms with E-state index in [0.717, 1.165) is 25.3 Å². The number of amides is 1. The molecule has 1 aliphatic heterocycles. The summed E-state index contributed by atoms with van der Waals surface area (Å²) in [6.45, 7) is 7.02. The SMILES string of the molecule is CC1(C)C[C@@H]2C[C@](C)(CN2C(=O)COC(=O)c2cccc([N+](=O)[O-])c2)C1. The number of nitro groups is 1. The Kier molecular flexibility index (Phi) is 4.50. The van der Waals surface area contributed by atoms with Crippen LogP contribution in [0.1, 0.15) is 50.4 Å². The van der Waals surface area contributed by atoms with Gasteiger partial charge in [0.15, 0.2) is 6.61 Å². The highest BCUT2D eigenvalue weighted by Gasteiger charge is 2.50. The van der Waals surface area contributed by atoms with Crippen molar-refractivity contribution in [3.05, 3.63) is 39.9 Å². The van der Waals surface area contributed by atoms with Crippen molar-refractivity contribution in [2.24, 2.45) is 10.8 Å². The molecule has 7 nitrogen and oxygen atoms in total. The van der Waals surface area contributed by atoms with Crippen molar-refractivity contribution < 1.29 is 19.2 Å². The second kappa shape index (κ2) is 6.37. The van der Waals surface area contributed by atoms with Crippen LogP contribution in [0.3, 0.4) is 0 Å². The number of esters is 1. The van der Waals surface area contributed by atoms with E-state index in [0.29, 0.717) is 6.54 Å². The summed E-state index contributed by atoms with van der Waals surface area (Å²) in [6, 6.07) is 5.50. The molecule has 2 atom stereocenters. The Labute approximate surface area is 152 Å². The zero-order valence-corrected chi connectivity index (χ0v) is 15.4. The van der Waals surface area contributed by atoms with Gasteiger partial charge in [0.05, 0.1) is 10.5 Å². The third-order valence-corrected chi connectivity index (χ3v) is 5.35. The minimum atomic E-state index is -0.726. The number of ether oxygens (including phenoxy) is 1. The fourth-order valence-electron chi connectivity index (χ4n) is 4.79. The van der Waals surface area contributed by atoms with Gasteiger partial charge in [0, 0.05) is 24.7 Å². The summed E-state index contributed by atoms with van der Waals surface area (Å²) < 4.78 is 5.12. The second-order valence-corrected chi connectivity index (χ2v) is 8.62. The predicted molar refractivity (Wildman–Crippen MR) is 94.6 cm³/mol. The molecule has 3 rings (SSSR count). The molecular weight excluding hydrogens is 336 g/mol. The van der Waals surface area contributed by atoms with E-state index in [1.807, 2.05) is 4.90 Å². The van der Waals surface area contributed by atoms with Crippen molar-refractivity contribution >= 4 is 17.6 Å². The molecule has 7 heteroatoms. The van der Waals surface area contributed by atoms with Crippen LogP contribution >= 0.6 is 0 Å². The van der Waals surface area contributed by atoms with Crippen LogP contribution < -0.4 is 0 Å². The maximum atomic E-state index is 12.6. The highest BCUT2D eigenvalue weighted by atomic mass is 16.6. The Morgan fingerprint density at radius 1 is 1.31 bits per heavy atom. The van der Waals surface area contributed by atoms with E-state index in [4.69, 9.17) is 4.74 Å². The summed E-state index contributed by atoms with van der Waals surface area (Å²) in [4.78, 5) is 36.8. The van der Waals surface area contributed by atoms with Gasteiger partial charge in [-0.25, -0.2) is 4.79 Å². The van der Waals surface area contributed by atoms with Crippen LogP contribution in [-0.4, -0.2) is 40.9 Å². The summed E-state index contributed by atoms with van der Waals surface area (Å²) in [6.07, 6.45) is 3.02. The Morgan fingerprint density at radius 3 is 2.73 bits per heavy atom. The number of rotatable bonds is 4. The molecule has 0 radical (unpaired) electrons. The fourth-order valence-corrected chi connectivity index (χ4v) is 4.79. The summed E-state index contributed by atoms with van der Waals surface area (Å²) >= 11 is 0. The minimum Gasteiger partial charge on any atom is -0.452 e. The maximum Gasteiger partial charge on any atom is 0.338 e. The first-order chi connectivity index (χ1) is 12.1. The normalized spacial score (nSPS) is 26.4. The zero-order chi connectivity index (χ0) is 19.1. The summed E-state index contributed by atoms with van der Waals surface area (Å²) in [5.74, 6) is -0.925. The Balaban J connectivity index is 1.62. The molecule has 2 fully saturated rings. The van der Waals surface area contributed by atoms with Gasteiger partial charge in [-0.2, -0.15) is 0 Å². The van der Waals surface area contributed by atoms with Crippen molar-refractivity contribution in [2.45, 2.75) is 46.1 Å². The number of nitrogens with zero attached hydrogens (tertiary/aromatic N) is 2. The van der Waals surface area contributed by atoms with Crippen LogP contribution in [0.15, 0.2) is 24.3 Å². The van der Waals surface area contributed by atoms with Crippen LogP contribution in [0.2, 0.25) is 0 Å². The number of hydrogen-bond acceptors (Lipinski definition) is 5. The molecule has 2 aliphatic rings. The molecule has 1 saturated carbocycles. The highest BCUT2D eigenvalue weighted by Crippen LogP contribution is 2.52. The molecule has 2 bridgehead atoms. The highest BCUT2D eigenvalue weighted by molar-refractivity contribution is 5.92. The molecule has 1 saturated heterocycles. The van der Waals surface area contributed by atoms with E-state index in [2.05, 4.69) is 20.8 Å². The Hall–Kier alpha value is -2.44. The lowest BCUT2D eigenvalue weighted by Gasteiger charge is -2.39. The topological polar surface area (TPSA) is 89.8 Å². The molecular formula is C19H24N2O5. The molecule has 1 heterocycles. The Bertz CT molecular complexity index is 760. The summed E-state index contributed by atoms with van der Waals surface area (Å²) in [5, 5.41) is 10.8. The lowest BCUT2D eigenvalue weighted by atomic mass is 9.65. The van der Waals surface area contributed by atoms with E-state index in [9.17, 15) is 19.7 Å². The number of non-ortho nitro benzene ring substituents is 1. The number of likely N-dealkylation sites (tertiary alicyclic amines) is 1. The molecule has 1 aromatic rings. The molecule has 0 unspecified atom stereocenters. The number of nitro benzene ring substituents is 1. The van der Waals surface area contributed by atoms with Crippen LogP contribution in [0.25, 0.3) is 0 Å². The van der Waals surface area contributed by atoms with Gasteiger partial charge in [0.2, 0.25) is 0 Å². The lowest BCUT2D eigenvalue weighted by molar-refractivity contribution is -0.384. The Morgan fingerprint density at radius 2 is 2.04 bits per heavy atom. The third-order valence-electron chi connectivity index (χ3n) is 5.35. The van der Waals surface area contributed by atoms with Gasteiger partial charge >= 0.3 is 5.97 Å². The third kappa shape index (κ3) is 3.71. The van der Waals surface area contributed by atoms with Crippen molar-refractivity contribution in [3.8, 4) is 0 Å². The smallest absolute Gasteiger partial charge is 0.338 e. The molecule has 0 spiro atoms. The van der Waals surface area contributed by atoms with Gasteiger partial charge in [-0.3, -0.25) is 14.9 Å². The number of benzene rings is 1. The molecule has 26 heavy (non-hydrogen) atoms. The molecule has 140 valence electrons. The van der Waals surface area contributed by atoms with Crippen LogP contribution in [0.4, 0.5) is 5.69 Å². The predicted octanol–water partition coefficient (Wildman–Crippen LogP) is 3.18. The average Bonchev–Trinajstić information content (AvgIpc) is 2.81. The number of hydrogen-bond donors (Lipinski definition) is 0. The van der Waals surface area contributed by atoms with Gasteiger partial charge in [0.1, 0.15) is 0 Å². The zero-order valence-electron chi connectivity index (χ0n) is 15.4. The standard InChI is InChI=1S/C19H24N2O5/c1-18(2)8-15-9-19(3,11-18)12-20(15)16(22)10-26-17(23)13-5-4-6-14(7-13)21(24)25/h4-7,15H,8-12H2,1-3H3/t15-,19+/m1/s1. The van der Waals surface area contributed by atoms with E-state index < -0.39 is 10.9 Å². The number of fused-ring (bicyclic) bond motifs is 2. The first-order valence-corrected chi connectivity index (χ1v) is 8.80. The van der Waals surface area contributed by atoms with E-state index in [1.54, 1.807) is 0 Å². The minimum absolute atomic E-state index is 0.0697. The van der Waals surface area contributed by atoms with Crippen molar-refractivity contribution in [3.63, 3.8) is 0 Å². The largest absolute Gasteiger partial charge is 0.452 e. The maximum absolute atomic E-state index is 12.6. The van der Waals surface area contributed by atoms with Crippen molar-refractivity contribution in [1.82, 2.24) is 4.90 Å². The van der Waals surface area contributed by atoms with Crippen molar-refractivity contribution in [1.29, 1.82) is 0 Å².